The third kappa shape index (κ3) is 56.1. The van der Waals surface area contributed by atoms with Gasteiger partial charge in [-0.2, -0.15) is 0 Å². The van der Waals surface area contributed by atoms with Gasteiger partial charge in [0.1, 0.15) is 6.61 Å². The van der Waals surface area contributed by atoms with E-state index < -0.39 is 32.5 Å². The topological polar surface area (TPSA) is 134 Å². The van der Waals surface area contributed by atoms with Crippen molar-refractivity contribution in [3.63, 3.8) is 0 Å². The summed E-state index contributed by atoms with van der Waals surface area (Å²) in [5.74, 6) is -0.896. The number of phosphoric acid groups is 1. The Morgan fingerprint density at radius 1 is 0.437 bits per heavy atom. The van der Waals surface area contributed by atoms with Gasteiger partial charge in [0.05, 0.1) is 13.2 Å². The van der Waals surface area contributed by atoms with E-state index in [9.17, 15) is 19.0 Å². The van der Waals surface area contributed by atoms with Crippen molar-refractivity contribution in [3.05, 3.63) is 97.2 Å². The summed E-state index contributed by atoms with van der Waals surface area (Å²) in [6, 6.07) is 0. The second-order valence-corrected chi connectivity index (χ2v) is 20.2. The molecule has 0 radical (unpaired) electrons. The summed E-state index contributed by atoms with van der Waals surface area (Å²) >= 11 is 0. The van der Waals surface area contributed by atoms with Crippen LogP contribution in [0.4, 0.5) is 0 Å². The van der Waals surface area contributed by atoms with Crippen LogP contribution >= 0.6 is 7.82 Å². The number of carbonyl (C=O) groups excluding carboxylic acids is 2. The van der Waals surface area contributed by atoms with Crippen LogP contribution in [-0.4, -0.2) is 49.3 Å². The second kappa shape index (κ2) is 56.2. The van der Waals surface area contributed by atoms with Crippen molar-refractivity contribution >= 4 is 19.8 Å². The van der Waals surface area contributed by atoms with Gasteiger partial charge < -0.3 is 20.1 Å². The monoisotopic (exact) mass is 1010 g/mol. The average Bonchev–Trinajstić information content (AvgIpc) is 3.36. The van der Waals surface area contributed by atoms with Crippen LogP contribution in [0.1, 0.15) is 245 Å². The van der Waals surface area contributed by atoms with Crippen LogP contribution in [0.2, 0.25) is 0 Å². The molecule has 0 fully saturated rings. The minimum absolute atomic E-state index is 0.0407. The fourth-order valence-electron chi connectivity index (χ4n) is 7.74. The minimum Gasteiger partial charge on any atom is -0.462 e. The lowest BCUT2D eigenvalue weighted by Crippen LogP contribution is -2.29. The van der Waals surface area contributed by atoms with Crippen LogP contribution in [-0.2, 0) is 32.7 Å². The molecule has 3 N–H and O–H groups in total. The number of hydrogen-bond acceptors (Lipinski definition) is 8. The van der Waals surface area contributed by atoms with E-state index in [-0.39, 0.29) is 32.6 Å². The summed E-state index contributed by atoms with van der Waals surface area (Å²) in [5, 5.41) is 0. The standard InChI is InChI=1S/C61H106NO8P/c1-3-5-7-9-11-13-15-17-19-21-22-23-24-25-26-27-28-29-30-31-32-33-34-35-36-38-39-41-43-45-47-49-51-53-60(63)67-57-59(58-69-71(65,66)68-56-55-62)70-61(64)54-52-50-48-46-44-42-40-37-20-18-16-14-12-10-8-6-4-2/h6,8,12,14-15,17-18,20-22,24-25,40,42,46,48,59H,3-5,7,9-11,13,16,19,23,26-39,41,43-45,47,49-58,62H2,1-2H3,(H,65,66)/b8-6-,14-12-,17-15-,20-18-,22-21-,25-24-,42-40-,48-46-. The Balaban J connectivity index is 3.94. The molecular weight excluding hydrogens is 906 g/mol. The van der Waals surface area contributed by atoms with E-state index >= 15 is 0 Å². The van der Waals surface area contributed by atoms with Gasteiger partial charge in [0.2, 0.25) is 0 Å². The Morgan fingerprint density at radius 2 is 0.789 bits per heavy atom. The molecule has 0 aromatic rings. The van der Waals surface area contributed by atoms with Crippen LogP contribution < -0.4 is 5.73 Å². The third-order valence-electron chi connectivity index (χ3n) is 12.0. The Kier molecular flexibility index (Phi) is 53.8. The van der Waals surface area contributed by atoms with Gasteiger partial charge >= 0.3 is 19.8 Å². The molecular formula is C61H106NO8P. The Hall–Kier alpha value is -3.07. The fraction of sp³-hybridized carbons (Fsp3) is 0.705. The molecule has 0 aliphatic rings. The van der Waals surface area contributed by atoms with Gasteiger partial charge in [-0.25, -0.2) is 4.57 Å². The molecule has 408 valence electrons. The molecule has 10 heteroatoms. The summed E-state index contributed by atoms with van der Waals surface area (Å²) < 4.78 is 32.9. The molecule has 0 aliphatic carbocycles. The third-order valence-corrected chi connectivity index (χ3v) is 12.9. The number of allylic oxidation sites excluding steroid dienone is 16. The smallest absolute Gasteiger partial charge is 0.462 e. The SMILES string of the molecule is CC/C=C\C/C=C\C/C=C\C/C=C\C/C=C\CCCC(=O)OC(COC(=O)CCCCCCCCCCCCCCCCCCCC/C=C\C/C=C\C/C=C\CCCCCCC)COP(=O)(O)OCCN. The first-order chi connectivity index (χ1) is 34.8. The van der Waals surface area contributed by atoms with Gasteiger partial charge in [0.15, 0.2) is 6.10 Å². The molecule has 0 saturated heterocycles. The van der Waals surface area contributed by atoms with E-state index in [2.05, 4.69) is 105 Å². The second-order valence-electron chi connectivity index (χ2n) is 18.8. The fourth-order valence-corrected chi connectivity index (χ4v) is 8.50. The predicted octanol–water partition coefficient (Wildman–Crippen LogP) is 18.1. The zero-order valence-corrected chi connectivity index (χ0v) is 46.3. The number of nitrogens with two attached hydrogens (primary N) is 1. The van der Waals surface area contributed by atoms with Gasteiger partial charge in [-0.1, -0.05) is 239 Å². The zero-order chi connectivity index (χ0) is 51.7. The highest BCUT2D eigenvalue weighted by molar-refractivity contribution is 7.47. The lowest BCUT2D eigenvalue weighted by molar-refractivity contribution is -0.161. The lowest BCUT2D eigenvalue weighted by atomic mass is 10.0. The number of carbonyl (C=O) groups is 2. The molecule has 2 unspecified atom stereocenters. The largest absolute Gasteiger partial charge is 0.472 e. The quantitative estimate of drug-likeness (QED) is 0.0264. The number of phosphoric ester groups is 1. The van der Waals surface area contributed by atoms with E-state index in [0.717, 1.165) is 64.2 Å². The minimum atomic E-state index is -4.41. The Labute approximate surface area is 436 Å². The summed E-state index contributed by atoms with van der Waals surface area (Å²) in [6.45, 7) is 3.55. The normalized spacial score (nSPS) is 13.8. The van der Waals surface area contributed by atoms with Crippen molar-refractivity contribution in [3.8, 4) is 0 Å². The molecule has 0 saturated carbocycles. The number of unbranched alkanes of at least 4 members (excludes halogenated alkanes) is 24. The van der Waals surface area contributed by atoms with E-state index in [1.54, 1.807) is 0 Å². The molecule has 0 bridgehead atoms. The van der Waals surface area contributed by atoms with E-state index in [0.29, 0.717) is 12.8 Å². The predicted molar refractivity (Wildman–Crippen MR) is 302 cm³/mol. The maximum absolute atomic E-state index is 12.6. The average molecular weight is 1010 g/mol. The van der Waals surface area contributed by atoms with Gasteiger partial charge in [-0.3, -0.25) is 18.6 Å². The molecule has 0 aromatic heterocycles. The van der Waals surface area contributed by atoms with Crippen LogP contribution in [0.15, 0.2) is 97.2 Å². The van der Waals surface area contributed by atoms with Crippen molar-refractivity contribution in [2.75, 3.05) is 26.4 Å². The van der Waals surface area contributed by atoms with E-state index in [1.165, 1.54) is 141 Å². The summed E-state index contributed by atoms with van der Waals surface area (Å²) in [7, 11) is -4.41. The first-order valence-electron chi connectivity index (χ1n) is 28.7. The molecule has 0 heterocycles. The van der Waals surface area contributed by atoms with Crippen molar-refractivity contribution < 1.29 is 37.6 Å². The van der Waals surface area contributed by atoms with Crippen molar-refractivity contribution in [1.82, 2.24) is 0 Å². The number of hydrogen-bond donors (Lipinski definition) is 2. The highest BCUT2D eigenvalue weighted by Crippen LogP contribution is 2.43. The highest BCUT2D eigenvalue weighted by Gasteiger charge is 2.26. The van der Waals surface area contributed by atoms with Gasteiger partial charge in [-0.15, -0.1) is 0 Å². The zero-order valence-electron chi connectivity index (χ0n) is 45.4. The van der Waals surface area contributed by atoms with E-state index in [4.69, 9.17) is 24.3 Å². The summed E-state index contributed by atoms with van der Waals surface area (Å²) in [4.78, 5) is 35.1. The molecule has 0 aliphatic heterocycles. The highest BCUT2D eigenvalue weighted by atomic mass is 31.2. The molecule has 0 aromatic carbocycles. The van der Waals surface area contributed by atoms with Crippen molar-refractivity contribution in [1.29, 1.82) is 0 Å². The first-order valence-corrected chi connectivity index (χ1v) is 30.2. The Bertz CT molecular complexity index is 1480. The van der Waals surface area contributed by atoms with Gasteiger partial charge in [-0.05, 0) is 89.9 Å². The van der Waals surface area contributed by atoms with Crippen LogP contribution in [0.5, 0.6) is 0 Å². The first kappa shape index (κ1) is 67.9. The molecule has 0 rings (SSSR count). The number of rotatable bonds is 53. The van der Waals surface area contributed by atoms with Crippen LogP contribution in [0.25, 0.3) is 0 Å². The molecule has 9 nitrogen and oxygen atoms in total. The summed E-state index contributed by atoms with van der Waals surface area (Å²) in [5.41, 5.74) is 5.37. The van der Waals surface area contributed by atoms with Crippen LogP contribution in [0, 0.1) is 0 Å². The maximum Gasteiger partial charge on any atom is 0.472 e. The van der Waals surface area contributed by atoms with Gasteiger partial charge in [0.25, 0.3) is 0 Å². The van der Waals surface area contributed by atoms with E-state index in [1.807, 2.05) is 6.08 Å². The van der Waals surface area contributed by atoms with Crippen LogP contribution in [0.3, 0.4) is 0 Å². The van der Waals surface area contributed by atoms with Gasteiger partial charge in [0, 0.05) is 19.4 Å². The Morgan fingerprint density at radius 3 is 1.20 bits per heavy atom. The maximum atomic E-state index is 12.6. The van der Waals surface area contributed by atoms with Crippen molar-refractivity contribution in [2.45, 2.75) is 251 Å². The molecule has 71 heavy (non-hydrogen) atoms. The molecule has 2 atom stereocenters. The lowest BCUT2D eigenvalue weighted by Gasteiger charge is -2.19. The molecule has 0 spiro atoms. The number of ether oxygens (including phenoxy) is 2. The van der Waals surface area contributed by atoms with Crippen molar-refractivity contribution in [2.24, 2.45) is 5.73 Å². The molecule has 0 amide bonds. The number of esters is 2. The summed E-state index contributed by atoms with van der Waals surface area (Å²) in [6.07, 6.45) is 74.9.